The zero-order chi connectivity index (χ0) is 50.9. The smallest absolute Gasteiger partial charge is 0.0551 e. The summed E-state index contributed by atoms with van der Waals surface area (Å²) >= 11 is 0. The fourth-order valence-corrected chi connectivity index (χ4v) is 9.97. The first-order valence-electron chi connectivity index (χ1n) is 25.7. The normalized spacial score (nSPS) is 10.8. The van der Waals surface area contributed by atoms with Crippen molar-refractivity contribution in [3.63, 3.8) is 0 Å². The Bertz CT molecular complexity index is 3390. The molecular formula is C72H52N4. The Labute approximate surface area is 446 Å². The maximum atomic E-state index is 3.12. The van der Waals surface area contributed by atoms with E-state index >= 15 is 0 Å². The second-order valence-corrected chi connectivity index (χ2v) is 18.5. The van der Waals surface area contributed by atoms with Crippen LogP contribution in [0.2, 0.25) is 0 Å². The van der Waals surface area contributed by atoms with Gasteiger partial charge in [-0.15, -0.1) is 0 Å². The molecule has 12 aromatic rings. The molecule has 0 saturated carbocycles. The van der Waals surface area contributed by atoms with Crippen molar-refractivity contribution >= 4 is 68.2 Å². The third-order valence-corrected chi connectivity index (χ3v) is 13.7. The molecular weight excluding hydrogens is 921 g/mol. The number of rotatable bonds is 15. The van der Waals surface area contributed by atoms with Crippen LogP contribution in [-0.4, -0.2) is 0 Å². The molecule has 4 nitrogen and oxygen atoms in total. The van der Waals surface area contributed by atoms with Crippen LogP contribution >= 0.6 is 0 Å². The predicted octanol–water partition coefficient (Wildman–Crippen LogP) is 20.2. The molecule has 4 heteroatoms. The molecule has 76 heavy (non-hydrogen) atoms. The number of anilines is 12. The van der Waals surface area contributed by atoms with Gasteiger partial charge in [0.25, 0.3) is 0 Å². The van der Waals surface area contributed by atoms with Gasteiger partial charge in [-0.25, -0.2) is 0 Å². The van der Waals surface area contributed by atoms with Gasteiger partial charge < -0.3 is 19.6 Å². The van der Waals surface area contributed by atoms with Crippen LogP contribution in [0.15, 0.2) is 315 Å². The lowest BCUT2D eigenvalue weighted by molar-refractivity contribution is 1.28. The molecule has 0 saturated heterocycles. The molecule has 0 fully saturated rings. The van der Waals surface area contributed by atoms with Gasteiger partial charge in [0.05, 0.1) is 5.69 Å². The largest absolute Gasteiger partial charge is 0.311 e. The van der Waals surface area contributed by atoms with Gasteiger partial charge in [-0.3, -0.25) is 0 Å². The lowest BCUT2D eigenvalue weighted by atomic mass is 10.0. The van der Waals surface area contributed by atoms with Gasteiger partial charge in [0.15, 0.2) is 0 Å². The minimum Gasteiger partial charge on any atom is -0.311 e. The fourth-order valence-electron chi connectivity index (χ4n) is 9.97. The Morgan fingerprint density at radius 1 is 0.158 bits per heavy atom. The lowest BCUT2D eigenvalue weighted by Gasteiger charge is -2.26. The van der Waals surface area contributed by atoms with E-state index in [1.807, 2.05) is 18.2 Å². The van der Waals surface area contributed by atoms with Gasteiger partial charge in [-0.05, 0) is 179 Å². The molecule has 12 aromatic carbocycles. The Kier molecular flexibility index (Phi) is 13.4. The highest BCUT2D eigenvalue weighted by atomic mass is 15.2. The number of nitrogens with zero attached hydrogens (tertiary/aromatic N) is 4. The first-order valence-corrected chi connectivity index (χ1v) is 25.7. The minimum atomic E-state index is 1.03. The number of benzene rings is 11. The van der Waals surface area contributed by atoms with E-state index < -0.39 is 0 Å². The van der Waals surface area contributed by atoms with E-state index in [0.29, 0.717) is 0 Å². The molecule has 0 unspecified atom stereocenters. The highest BCUT2D eigenvalue weighted by Crippen LogP contribution is 2.41. The summed E-state index contributed by atoms with van der Waals surface area (Å²) in [6, 6.07) is 118. The minimum absolute atomic E-state index is 1.03. The Morgan fingerprint density at radius 2 is 0.342 bits per heavy atom. The quantitative estimate of drug-likeness (QED) is 0.101. The molecule has 12 rings (SSSR count). The molecule has 0 aliphatic rings. The zero-order valence-corrected chi connectivity index (χ0v) is 41.8. The van der Waals surface area contributed by atoms with Crippen molar-refractivity contribution in [3.05, 3.63) is 328 Å². The van der Waals surface area contributed by atoms with E-state index in [-0.39, 0.29) is 0 Å². The summed E-state index contributed by atoms with van der Waals surface area (Å²) in [6.45, 7) is 0. The predicted molar refractivity (Wildman–Crippen MR) is 319 cm³/mol. The van der Waals surface area contributed by atoms with Crippen molar-refractivity contribution in [2.45, 2.75) is 0 Å². The number of hydrogen-bond donors (Lipinski definition) is 0. The molecule has 0 aliphatic heterocycles. The maximum absolute atomic E-state index is 3.12. The molecule has 0 aliphatic carbocycles. The van der Waals surface area contributed by atoms with Gasteiger partial charge in [-0.2, -0.15) is 0 Å². The van der Waals surface area contributed by atoms with E-state index in [2.05, 4.69) is 329 Å². The van der Waals surface area contributed by atoms with Crippen LogP contribution in [0.25, 0.3) is 33.4 Å². The molecule has 0 amide bonds. The monoisotopic (exact) mass is 972 g/mol. The standard InChI is InChI=1S/C72H52N4/c1-7-19-61(20-8-1)73(62-21-9-2-10-22-62)67-43-31-55(32-44-67)57-35-47-69(48-36-57)75(65-27-15-5-16-28-65)71-51-39-59(40-52-71)60-41-53-72(54-42-60)76(66-29-17-6-18-30-66)70-49-37-58(38-50-70)56-33-45-68(46-34-56)74(63-23-11-3-12-24-63)64-25-13-4-14-26-64/h1-3,5-13,15-54H. The van der Waals surface area contributed by atoms with Crippen LogP contribution in [0.1, 0.15) is 0 Å². The average molecular weight is 973 g/mol. The van der Waals surface area contributed by atoms with E-state index in [0.717, 1.165) is 102 Å². The van der Waals surface area contributed by atoms with Crippen LogP contribution < -0.4 is 19.6 Å². The van der Waals surface area contributed by atoms with Crippen LogP contribution in [0, 0.1) is 12.1 Å². The summed E-state index contributed by atoms with van der Waals surface area (Å²) in [7, 11) is 0. The van der Waals surface area contributed by atoms with Crippen LogP contribution in [0.5, 0.6) is 0 Å². The number of hydrogen-bond acceptors (Lipinski definition) is 4. The summed E-state index contributed by atoms with van der Waals surface area (Å²) < 4.78 is 0. The molecule has 0 atom stereocenters. The van der Waals surface area contributed by atoms with Crippen molar-refractivity contribution in [2.24, 2.45) is 0 Å². The highest BCUT2D eigenvalue weighted by molar-refractivity contribution is 5.84. The second-order valence-electron chi connectivity index (χ2n) is 18.5. The van der Waals surface area contributed by atoms with Gasteiger partial charge in [0.2, 0.25) is 0 Å². The molecule has 0 aromatic heterocycles. The summed E-state index contributed by atoms with van der Waals surface area (Å²) in [5.41, 5.74) is 20.0. The fraction of sp³-hybridized carbons (Fsp3) is 0. The third-order valence-electron chi connectivity index (χ3n) is 13.7. The van der Waals surface area contributed by atoms with Crippen molar-refractivity contribution in [2.75, 3.05) is 19.6 Å². The lowest BCUT2D eigenvalue weighted by Crippen LogP contribution is -2.10. The third kappa shape index (κ3) is 10.1. The van der Waals surface area contributed by atoms with Crippen LogP contribution in [0.3, 0.4) is 0 Å². The Balaban J connectivity index is 0.772. The van der Waals surface area contributed by atoms with Crippen LogP contribution in [0.4, 0.5) is 68.2 Å². The molecule has 0 radical (unpaired) electrons. The average Bonchev–Trinajstić information content (AvgIpc) is 3.51. The maximum Gasteiger partial charge on any atom is 0.0551 e. The van der Waals surface area contributed by atoms with Gasteiger partial charge in [0.1, 0.15) is 0 Å². The van der Waals surface area contributed by atoms with Crippen LogP contribution in [-0.2, 0) is 0 Å². The summed E-state index contributed by atoms with van der Waals surface area (Å²) in [5, 5.41) is 0. The number of para-hydroxylation sites is 5. The van der Waals surface area contributed by atoms with Crippen molar-refractivity contribution in [1.29, 1.82) is 0 Å². The summed E-state index contributed by atoms with van der Waals surface area (Å²) in [5.74, 6) is 0. The molecule has 0 heterocycles. The van der Waals surface area contributed by atoms with E-state index in [1.165, 1.54) is 0 Å². The highest BCUT2D eigenvalue weighted by Gasteiger charge is 2.18. The second kappa shape index (κ2) is 21.8. The molecule has 360 valence electrons. The van der Waals surface area contributed by atoms with Crippen molar-refractivity contribution < 1.29 is 0 Å². The SMILES string of the molecule is c1ccc(N(c2ccccc2)c2ccc(-c3ccc(N(c4ccccc4)c4ccc(-c5ccc(N(c6ccccc6)c6ccc(-c7ccc(N(c8ccccc8)c8ccccc8)cc7)cc6)cc5)cc4)cc3)cc2)cc#1. The molecule has 0 bridgehead atoms. The summed E-state index contributed by atoms with van der Waals surface area (Å²) in [6.07, 6.45) is 0. The first-order chi connectivity index (χ1) is 37.7. The molecule has 0 N–H and O–H groups in total. The van der Waals surface area contributed by atoms with Gasteiger partial charge >= 0.3 is 0 Å². The van der Waals surface area contributed by atoms with Gasteiger partial charge in [-0.1, -0.05) is 176 Å². The summed E-state index contributed by atoms with van der Waals surface area (Å²) in [4.78, 5) is 9.16. The van der Waals surface area contributed by atoms with E-state index in [4.69, 9.17) is 0 Å². The van der Waals surface area contributed by atoms with Crippen molar-refractivity contribution in [1.82, 2.24) is 0 Å². The zero-order valence-electron chi connectivity index (χ0n) is 41.8. The Hall–Kier alpha value is -10.3. The molecule has 0 spiro atoms. The Morgan fingerprint density at radius 3 is 0.526 bits per heavy atom. The first kappa shape index (κ1) is 46.7. The topological polar surface area (TPSA) is 13.0 Å². The van der Waals surface area contributed by atoms with Gasteiger partial charge in [0, 0.05) is 68.6 Å². The van der Waals surface area contributed by atoms with E-state index in [9.17, 15) is 0 Å². The van der Waals surface area contributed by atoms with Crippen molar-refractivity contribution in [3.8, 4) is 33.4 Å². The van der Waals surface area contributed by atoms with E-state index in [1.54, 1.807) is 0 Å².